The van der Waals surface area contributed by atoms with E-state index >= 15 is 0 Å². The highest BCUT2D eigenvalue weighted by Gasteiger charge is 2.21. The Kier molecular flexibility index (Phi) is 5.75. The lowest BCUT2D eigenvalue weighted by atomic mass is 10.0. The van der Waals surface area contributed by atoms with Crippen molar-refractivity contribution in [1.82, 2.24) is 0 Å². The van der Waals surface area contributed by atoms with Crippen molar-refractivity contribution in [2.75, 3.05) is 20.8 Å². The van der Waals surface area contributed by atoms with Gasteiger partial charge in [-0.05, 0) is 37.4 Å². The summed E-state index contributed by atoms with van der Waals surface area (Å²) in [7, 11) is 3.01. The molecule has 0 aliphatic carbocycles. The Hall–Kier alpha value is -2.89. The van der Waals surface area contributed by atoms with Crippen LogP contribution < -0.4 is 18.9 Å². The number of ether oxygens (including phenoxy) is 4. The third kappa shape index (κ3) is 3.79. The van der Waals surface area contributed by atoms with Gasteiger partial charge in [-0.25, -0.2) is 4.79 Å². The monoisotopic (exact) mass is 346 g/mol. The van der Waals surface area contributed by atoms with E-state index in [0.29, 0.717) is 22.6 Å². The molecule has 6 nitrogen and oxygen atoms in total. The Morgan fingerprint density at radius 1 is 1.16 bits per heavy atom. The summed E-state index contributed by atoms with van der Waals surface area (Å²) >= 11 is 0. The minimum atomic E-state index is -1.09. The SMILES string of the molecule is C=CCOc1cc2cc(OC(C)C)c(OC)c(OC)c2cc1C(=O)O. The van der Waals surface area contributed by atoms with Gasteiger partial charge in [0.2, 0.25) is 5.75 Å². The first kappa shape index (κ1) is 18.4. The molecule has 0 amide bonds. The summed E-state index contributed by atoms with van der Waals surface area (Å²) in [5, 5.41) is 10.8. The zero-order chi connectivity index (χ0) is 18.6. The highest BCUT2D eigenvalue weighted by Crippen LogP contribution is 2.45. The van der Waals surface area contributed by atoms with E-state index in [1.807, 2.05) is 13.8 Å². The quantitative estimate of drug-likeness (QED) is 0.731. The zero-order valence-corrected chi connectivity index (χ0v) is 14.8. The molecule has 0 saturated carbocycles. The summed E-state index contributed by atoms with van der Waals surface area (Å²) in [6.07, 6.45) is 1.49. The van der Waals surface area contributed by atoms with Gasteiger partial charge in [-0.1, -0.05) is 12.7 Å². The van der Waals surface area contributed by atoms with E-state index in [0.717, 1.165) is 5.39 Å². The molecular weight excluding hydrogens is 324 g/mol. The van der Waals surface area contributed by atoms with Gasteiger partial charge in [0.05, 0.1) is 20.3 Å². The number of methoxy groups -OCH3 is 2. The Bertz CT molecular complexity index is 794. The summed E-state index contributed by atoms with van der Waals surface area (Å²) in [6.45, 7) is 7.59. The summed E-state index contributed by atoms with van der Waals surface area (Å²) in [4.78, 5) is 11.6. The Morgan fingerprint density at radius 3 is 2.32 bits per heavy atom. The molecule has 2 aromatic carbocycles. The topological polar surface area (TPSA) is 74.2 Å². The molecule has 134 valence electrons. The summed E-state index contributed by atoms with van der Waals surface area (Å²) in [6, 6.07) is 4.94. The van der Waals surface area contributed by atoms with Crippen LogP contribution in [0.15, 0.2) is 30.9 Å². The number of benzene rings is 2. The van der Waals surface area contributed by atoms with Crippen molar-refractivity contribution in [3.05, 3.63) is 36.4 Å². The molecule has 0 spiro atoms. The number of rotatable bonds is 8. The first-order valence-corrected chi connectivity index (χ1v) is 7.79. The van der Waals surface area contributed by atoms with Crippen LogP contribution in [-0.4, -0.2) is 38.0 Å². The molecule has 0 aromatic heterocycles. The minimum Gasteiger partial charge on any atom is -0.492 e. The van der Waals surface area contributed by atoms with E-state index < -0.39 is 5.97 Å². The van der Waals surface area contributed by atoms with Crippen molar-refractivity contribution in [2.24, 2.45) is 0 Å². The molecule has 0 bridgehead atoms. The maximum Gasteiger partial charge on any atom is 0.339 e. The molecule has 0 fully saturated rings. The minimum absolute atomic E-state index is 0.0345. The van der Waals surface area contributed by atoms with Crippen LogP contribution in [0.25, 0.3) is 10.8 Å². The van der Waals surface area contributed by atoms with Crippen molar-refractivity contribution in [3.63, 3.8) is 0 Å². The standard InChI is InChI=1S/C19H22O6/c1-6-7-24-15-8-12-9-16(25-11(2)3)18(23-5)17(22-4)13(12)10-14(15)19(20)21/h6,8-11H,1,7H2,2-5H3,(H,20,21). The maximum atomic E-state index is 11.6. The third-order valence-electron chi connectivity index (χ3n) is 3.47. The van der Waals surface area contributed by atoms with Crippen molar-refractivity contribution in [1.29, 1.82) is 0 Å². The molecule has 0 radical (unpaired) electrons. The predicted octanol–water partition coefficient (Wildman–Crippen LogP) is 3.91. The number of aromatic carboxylic acids is 1. The first-order chi connectivity index (χ1) is 11.9. The van der Waals surface area contributed by atoms with Crippen molar-refractivity contribution >= 4 is 16.7 Å². The Labute approximate surface area is 146 Å². The van der Waals surface area contributed by atoms with Crippen LogP contribution in [0.2, 0.25) is 0 Å². The molecule has 2 rings (SSSR count). The summed E-state index contributed by atoms with van der Waals surface area (Å²) in [5.74, 6) is 0.500. The largest absolute Gasteiger partial charge is 0.492 e. The molecule has 6 heteroatoms. The Morgan fingerprint density at radius 2 is 1.80 bits per heavy atom. The van der Waals surface area contributed by atoms with E-state index in [2.05, 4.69) is 6.58 Å². The molecular formula is C19H22O6. The van der Waals surface area contributed by atoms with Crippen molar-refractivity contribution < 1.29 is 28.8 Å². The van der Waals surface area contributed by atoms with Crippen molar-refractivity contribution in [2.45, 2.75) is 20.0 Å². The second-order valence-electron chi connectivity index (χ2n) is 5.58. The maximum absolute atomic E-state index is 11.6. The number of hydrogen-bond acceptors (Lipinski definition) is 5. The molecule has 0 saturated heterocycles. The second kappa shape index (κ2) is 7.79. The van der Waals surface area contributed by atoms with Crippen LogP contribution in [-0.2, 0) is 0 Å². The van der Waals surface area contributed by atoms with E-state index in [1.54, 1.807) is 18.2 Å². The molecule has 2 aromatic rings. The number of fused-ring (bicyclic) bond motifs is 1. The van der Waals surface area contributed by atoms with E-state index in [1.165, 1.54) is 20.3 Å². The van der Waals surface area contributed by atoms with Gasteiger partial charge in [-0.3, -0.25) is 0 Å². The molecule has 0 aliphatic heterocycles. The van der Waals surface area contributed by atoms with Crippen LogP contribution in [0.3, 0.4) is 0 Å². The number of carboxylic acid groups (broad SMARTS) is 1. The summed E-state index contributed by atoms with van der Waals surface area (Å²) < 4.78 is 22.2. The average molecular weight is 346 g/mol. The van der Waals surface area contributed by atoms with Gasteiger partial charge in [-0.15, -0.1) is 0 Å². The third-order valence-corrected chi connectivity index (χ3v) is 3.47. The van der Waals surface area contributed by atoms with Gasteiger partial charge in [0.15, 0.2) is 11.5 Å². The Balaban J connectivity index is 2.78. The molecule has 0 heterocycles. The summed E-state index contributed by atoms with van der Waals surface area (Å²) in [5.41, 5.74) is 0.0345. The fourth-order valence-electron chi connectivity index (χ4n) is 2.53. The van der Waals surface area contributed by atoms with Crippen LogP contribution in [0.5, 0.6) is 23.0 Å². The van der Waals surface area contributed by atoms with Crippen LogP contribution >= 0.6 is 0 Å². The van der Waals surface area contributed by atoms with E-state index in [4.69, 9.17) is 18.9 Å². The molecule has 0 aliphatic rings. The normalized spacial score (nSPS) is 10.6. The van der Waals surface area contributed by atoms with E-state index in [9.17, 15) is 9.90 Å². The lowest BCUT2D eigenvalue weighted by Crippen LogP contribution is -2.08. The van der Waals surface area contributed by atoms with Gasteiger partial charge < -0.3 is 24.1 Å². The second-order valence-corrected chi connectivity index (χ2v) is 5.58. The molecule has 0 unspecified atom stereocenters. The van der Waals surface area contributed by atoms with Gasteiger partial charge in [0.1, 0.15) is 17.9 Å². The van der Waals surface area contributed by atoms with Gasteiger partial charge in [0, 0.05) is 5.39 Å². The lowest BCUT2D eigenvalue weighted by molar-refractivity contribution is 0.0693. The van der Waals surface area contributed by atoms with Gasteiger partial charge >= 0.3 is 5.97 Å². The van der Waals surface area contributed by atoms with E-state index in [-0.39, 0.29) is 24.0 Å². The fraction of sp³-hybridized carbons (Fsp3) is 0.316. The van der Waals surface area contributed by atoms with Crippen molar-refractivity contribution in [3.8, 4) is 23.0 Å². The first-order valence-electron chi connectivity index (χ1n) is 7.79. The fourth-order valence-corrected chi connectivity index (χ4v) is 2.53. The van der Waals surface area contributed by atoms with Crippen LogP contribution in [0.4, 0.5) is 0 Å². The number of hydrogen-bond donors (Lipinski definition) is 1. The highest BCUT2D eigenvalue weighted by atomic mass is 16.5. The zero-order valence-electron chi connectivity index (χ0n) is 14.8. The molecule has 1 N–H and O–H groups in total. The average Bonchev–Trinajstić information content (AvgIpc) is 2.57. The molecule has 0 atom stereocenters. The lowest BCUT2D eigenvalue weighted by Gasteiger charge is -2.19. The molecule has 25 heavy (non-hydrogen) atoms. The van der Waals surface area contributed by atoms with Crippen LogP contribution in [0, 0.1) is 0 Å². The smallest absolute Gasteiger partial charge is 0.339 e. The van der Waals surface area contributed by atoms with Gasteiger partial charge in [0.25, 0.3) is 0 Å². The highest BCUT2D eigenvalue weighted by molar-refractivity contribution is 6.01. The van der Waals surface area contributed by atoms with Crippen LogP contribution in [0.1, 0.15) is 24.2 Å². The predicted molar refractivity (Wildman–Crippen MR) is 95.5 cm³/mol. The van der Waals surface area contributed by atoms with Gasteiger partial charge in [-0.2, -0.15) is 0 Å². The number of carbonyl (C=O) groups is 1. The number of carboxylic acids is 1.